The maximum atomic E-state index is 16.1. The molecule has 13 nitrogen and oxygen atoms in total. The second kappa shape index (κ2) is 17.3. The van der Waals surface area contributed by atoms with Crippen molar-refractivity contribution < 1.29 is 48.0 Å². The lowest BCUT2D eigenvalue weighted by molar-refractivity contribution is -0.180. The molecular weight excluding hydrogens is 869 g/mol. The summed E-state index contributed by atoms with van der Waals surface area (Å²) in [6, 6.07) is 25.0. The summed E-state index contributed by atoms with van der Waals surface area (Å²) in [5.74, 6) is -5.00. The van der Waals surface area contributed by atoms with Crippen molar-refractivity contribution in [3.63, 3.8) is 0 Å². The van der Waals surface area contributed by atoms with Gasteiger partial charge in [0.1, 0.15) is 48.5 Å². The number of nitrogens with one attached hydrogen (secondary N) is 1. The monoisotopic (exact) mass is 913 g/mol. The number of aliphatic hydroxyl groups is 1. The first-order chi connectivity index (χ1) is 28.5. The van der Waals surface area contributed by atoms with Gasteiger partial charge in [-0.1, -0.05) is 105 Å². The Kier molecular flexibility index (Phi) is 12.2. The average molecular weight is 914 g/mol. The van der Waals surface area contributed by atoms with Gasteiger partial charge in [-0.15, -0.1) is 0 Å². The van der Waals surface area contributed by atoms with Crippen molar-refractivity contribution in [1.29, 1.82) is 0 Å². The van der Waals surface area contributed by atoms with Crippen molar-refractivity contribution >= 4 is 58.1 Å². The molecule has 2 saturated heterocycles. The zero-order valence-corrected chi connectivity index (χ0v) is 34.8. The van der Waals surface area contributed by atoms with Gasteiger partial charge in [-0.05, 0) is 69.5 Å². The molecule has 2 fully saturated rings. The molecule has 7 rings (SSSR count). The highest BCUT2D eigenvalue weighted by Gasteiger charge is 2.76. The third-order valence-electron chi connectivity index (χ3n) is 11.2. The molecule has 14 heteroatoms. The van der Waals surface area contributed by atoms with Gasteiger partial charge in [0.05, 0.1) is 31.5 Å². The van der Waals surface area contributed by atoms with Crippen LogP contribution in [0.4, 0.5) is 10.5 Å². The Morgan fingerprint density at radius 3 is 2.25 bits per heavy atom. The van der Waals surface area contributed by atoms with E-state index in [4.69, 9.17) is 18.9 Å². The highest BCUT2D eigenvalue weighted by atomic mass is 127. The van der Waals surface area contributed by atoms with Crippen LogP contribution in [0.5, 0.6) is 5.75 Å². The van der Waals surface area contributed by atoms with Gasteiger partial charge in [-0.3, -0.25) is 19.3 Å². The van der Waals surface area contributed by atoms with Gasteiger partial charge in [0, 0.05) is 9.13 Å². The van der Waals surface area contributed by atoms with Crippen LogP contribution in [-0.4, -0.2) is 78.9 Å². The van der Waals surface area contributed by atoms with Gasteiger partial charge in [0.2, 0.25) is 5.91 Å². The van der Waals surface area contributed by atoms with Gasteiger partial charge in [-0.2, -0.15) is 0 Å². The van der Waals surface area contributed by atoms with Crippen molar-refractivity contribution in [2.75, 3.05) is 31.8 Å². The lowest BCUT2D eigenvalue weighted by atomic mass is 9.65. The number of halogens is 1. The second-order valence-electron chi connectivity index (χ2n) is 14.8. The Morgan fingerprint density at radius 1 is 0.949 bits per heavy atom. The number of cyclic esters (lactones) is 1. The molecule has 2 N–H and O–H groups in total. The Bertz CT molecular complexity index is 2250. The number of para-hydroxylation sites is 1. The highest BCUT2D eigenvalue weighted by molar-refractivity contribution is 14.1. The molecule has 4 aromatic rings. The van der Waals surface area contributed by atoms with E-state index in [1.807, 2.05) is 65.6 Å². The number of benzene rings is 4. The molecule has 0 saturated carbocycles. The number of imide groups is 1. The van der Waals surface area contributed by atoms with Crippen LogP contribution in [-0.2, 0) is 38.8 Å². The van der Waals surface area contributed by atoms with Crippen LogP contribution in [0.2, 0.25) is 0 Å². The summed E-state index contributed by atoms with van der Waals surface area (Å²) < 4.78 is 24.1. The summed E-state index contributed by atoms with van der Waals surface area (Å²) >= 11 is 2.10. The molecule has 0 unspecified atom stereocenters. The Labute approximate surface area is 355 Å². The summed E-state index contributed by atoms with van der Waals surface area (Å²) in [6.07, 6.45) is 0.449. The van der Waals surface area contributed by atoms with Crippen LogP contribution in [0.15, 0.2) is 116 Å². The molecule has 3 aliphatic heterocycles. The summed E-state index contributed by atoms with van der Waals surface area (Å²) in [4.78, 5) is 76.6. The predicted octanol–water partition coefficient (Wildman–Crippen LogP) is 5.96. The smallest absolute Gasteiger partial charge is 0.329 e. The van der Waals surface area contributed by atoms with Crippen LogP contribution in [0, 0.1) is 15.4 Å². The molecule has 59 heavy (non-hydrogen) atoms. The lowest BCUT2D eigenvalue weighted by Crippen LogP contribution is -2.56. The minimum atomic E-state index is -2.08. The first-order valence-electron chi connectivity index (χ1n) is 19.2. The number of fused-ring (bicyclic) bond motifs is 3. The van der Waals surface area contributed by atoms with E-state index in [2.05, 4.69) is 34.5 Å². The van der Waals surface area contributed by atoms with E-state index in [9.17, 15) is 14.7 Å². The van der Waals surface area contributed by atoms with Crippen molar-refractivity contribution in [2.24, 2.45) is 11.8 Å². The van der Waals surface area contributed by atoms with Crippen molar-refractivity contribution in [3.05, 3.63) is 142 Å². The van der Waals surface area contributed by atoms with Crippen molar-refractivity contribution in [1.82, 2.24) is 10.2 Å². The summed E-state index contributed by atoms with van der Waals surface area (Å²) in [7, 11) is 1.21. The minimum absolute atomic E-state index is 0.108. The zero-order chi connectivity index (χ0) is 42.0. The van der Waals surface area contributed by atoms with Crippen LogP contribution in [0.25, 0.3) is 0 Å². The molecule has 3 heterocycles. The number of ether oxygens (including phenoxy) is 4. The van der Waals surface area contributed by atoms with Crippen LogP contribution < -0.4 is 15.0 Å². The van der Waals surface area contributed by atoms with Crippen molar-refractivity contribution in [2.45, 2.75) is 49.5 Å². The van der Waals surface area contributed by atoms with E-state index in [-0.39, 0.29) is 36.8 Å². The largest absolute Gasteiger partial charge is 0.491 e. The van der Waals surface area contributed by atoms with Crippen LogP contribution >= 0.6 is 22.6 Å². The van der Waals surface area contributed by atoms with E-state index in [1.165, 1.54) is 13.2 Å². The van der Waals surface area contributed by atoms with E-state index in [0.717, 1.165) is 4.90 Å². The van der Waals surface area contributed by atoms with Gasteiger partial charge in [0.25, 0.3) is 0 Å². The number of esters is 3. The molecule has 1 spiro atoms. The fraction of sp³-hybridized carbons (Fsp3) is 0.311. The van der Waals surface area contributed by atoms with Crippen LogP contribution in [0.3, 0.4) is 0 Å². The fourth-order valence-electron chi connectivity index (χ4n) is 8.86. The Morgan fingerprint density at radius 2 is 1.61 bits per heavy atom. The number of hydrogen-bond acceptors (Lipinski definition) is 11. The number of carbonyl (C=O) groups excluding carboxylic acids is 5. The number of anilines is 1. The van der Waals surface area contributed by atoms with E-state index < -0.39 is 77.4 Å². The quantitative estimate of drug-likeness (QED) is 0.0747. The minimum Gasteiger partial charge on any atom is -0.491 e. The topological polar surface area (TPSA) is 161 Å². The summed E-state index contributed by atoms with van der Waals surface area (Å²) in [5.41, 5.74) is 0.128. The number of carbonyl (C=O) groups is 5. The average Bonchev–Trinajstić information content (AvgIpc) is 3.70. The molecule has 0 radical (unpaired) electrons. The fourth-order valence-corrected chi connectivity index (χ4v) is 9.35. The number of hydrogen-bond donors (Lipinski definition) is 2. The normalized spacial score (nSPS) is 23.9. The first-order valence-corrected chi connectivity index (χ1v) is 20.3. The number of methoxy groups -OCH3 is 1. The SMILES string of the molecule is C=CCOC(=O)[C@H]1[C@@H]2C(=O)O[C@@H](c3ccccc3)[C@@H](c3ccccc3)N2[C@@H](c2ccccc2OCCO)[C@]12C(=O)N(C(=O)N[C@H](C(=O)OC)C(C)C)c1ccc(I)cc12. The van der Waals surface area contributed by atoms with Crippen LogP contribution in [0.1, 0.15) is 54.3 Å². The number of urea groups is 1. The molecule has 0 aliphatic carbocycles. The van der Waals surface area contributed by atoms with E-state index >= 15 is 14.4 Å². The predicted molar refractivity (Wildman–Crippen MR) is 224 cm³/mol. The summed E-state index contributed by atoms with van der Waals surface area (Å²) in [5, 5.41) is 12.6. The molecular formula is C45H44IN3O10. The van der Waals surface area contributed by atoms with Gasteiger partial charge in [-0.25, -0.2) is 14.5 Å². The number of amides is 3. The number of aliphatic hydroxyl groups excluding tert-OH is 1. The molecule has 7 atom stereocenters. The van der Waals surface area contributed by atoms with E-state index in [0.29, 0.717) is 20.3 Å². The maximum Gasteiger partial charge on any atom is 0.329 e. The van der Waals surface area contributed by atoms with E-state index in [1.54, 1.807) is 56.3 Å². The van der Waals surface area contributed by atoms with Gasteiger partial charge >= 0.3 is 23.9 Å². The number of nitrogens with zero attached hydrogens (tertiary/aromatic N) is 2. The molecule has 0 aromatic heterocycles. The molecule has 3 amide bonds. The van der Waals surface area contributed by atoms with Crippen molar-refractivity contribution in [3.8, 4) is 5.75 Å². The first kappa shape index (κ1) is 41.6. The highest BCUT2D eigenvalue weighted by Crippen LogP contribution is 2.66. The summed E-state index contributed by atoms with van der Waals surface area (Å²) in [6.45, 7) is 6.50. The molecule has 3 aliphatic rings. The Hall–Kier alpha value is -5.58. The standard InChI is InChI=1S/C45H44IN3O10/c1-5-23-58-40(51)34-37-42(53)59-38(28-16-10-7-11-17-28)36(27-14-8-6-9-15-27)49(37)39(30-18-12-13-19-33(30)57-24-22-50)45(34)31-25-29(46)20-21-32(31)48(43(45)54)44(55)47-35(26(2)3)41(52)56-4/h5-21,25-26,34-39,50H,1,22-24H2,2-4H3,(H,47,55)/t34-,35+,36-,37-,38+,39+,45-/m1/s1. The third kappa shape index (κ3) is 7.16. The number of rotatable bonds is 12. The molecule has 0 bridgehead atoms. The molecule has 306 valence electrons. The maximum absolute atomic E-state index is 16.1. The van der Waals surface area contributed by atoms with Gasteiger partial charge in [0.15, 0.2) is 0 Å². The Balaban J connectivity index is 1.58. The molecule has 4 aromatic carbocycles. The third-order valence-corrected chi connectivity index (χ3v) is 11.9. The van der Waals surface area contributed by atoms with Gasteiger partial charge < -0.3 is 29.4 Å². The lowest BCUT2D eigenvalue weighted by Gasteiger charge is -2.46. The number of morpholine rings is 1. The second-order valence-corrected chi connectivity index (χ2v) is 16.0. The zero-order valence-electron chi connectivity index (χ0n) is 32.7.